The van der Waals surface area contributed by atoms with Crippen LogP contribution in [0.25, 0.3) is 0 Å². The van der Waals surface area contributed by atoms with E-state index in [-0.39, 0.29) is 72.1 Å². The van der Waals surface area contributed by atoms with Gasteiger partial charge in [-0.05, 0) is 50.5 Å². The van der Waals surface area contributed by atoms with Crippen LogP contribution >= 0.6 is 0 Å². The first-order valence-corrected chi connectivity index (χ1v) is 15.8. The fraction of sp³-hybridized carbons (Fsp3) is 0.471. The summed E-state index contributed by atoms with van der Waals surface area (Å²) in [4.78, 5) is 71.9. The molecule has 1 aliphatic heterocycles. The first-order valence-electron chi connectivity index (χ1n) is 15.8. The lowest BCUT2D eigenvalue weighted by Crippen LogP contribution is -2.46. The summed E-state index contributed by atoms with van der Waals surface area (Å²) in [5.41, 5.74) is 0.0762. The Hall–Kier alpha value is -4.86. The van der Waals surface area contributed by atoms with Gasteiger partial charge in [0.2, 0.25) is 0 Å². The van der Waals surface area contributed by atoms with Gasteiger partial charge >= 0.3 is 23.9 Å². The largest absolute Gasteiger partial charge is 0.423 e. The topological polar surface area (TPSA) is 191 Å². The number of carbonyl (C=O) groups is 6. The summed E-state index contributed by atoms with van der Waals surface area (Å²) in [6.07, 6.45) is 0.647. The number of para-hydroxylation sites is 2. The first kappa shape index (κ1) is 38.6. The van der Waals surface area contributed by atoms with Gasteiger partial charge in [0.1, 0.15) is 6.10 Å². The third-order valence-electron chi connectivity index (χ3n) is 6.91. The lowest BCUT2D eigenvalue weighted by molar-refractivity contribution is -0.171. The van der Waals surface area contributed by atoms with E-state index in [0.717, 1.165) is 0 Å². The molecule has 15 nitrogen and oxygen atoms in total. The van der Waals surface area contributed by atoms with Crippen LogP contribution in [0, 0.1) is 0 Å². The Labute approximate surface area is 283 Å². The summed E-state index contributed by atoms with van der Waals surface area (Å²) in [6.45, 7) is 8.22. The highest BCUT2D eigenvalue weighted by Crippen LogP contribution is 2.33. The van der Waals surface area contributed by atoms with Gasteiger partial charge in [-0.3, -0.25) is 28.8 Å². The number of benzene rings is 2. The van der Waals surface area contributed by atoms with Gasteiger partial charge in [-0.1, -0.05) is 12.1 Å². The van der Waals surface area contributed by atoms with Crippen LogP contribution in [0.2, 0.25) is 0 Å². The molecule has 266 valence electrons. The summed E-state index contributed by atoms with van der Waals surface area (Å²) < 4.78 is 38.4. The molecule has 0 saturated carbocycles. The Kier molecular flexibility index (Phi) is 15.1. The van der Waals surface area contributed by atoms with Gasteiger partial charge in [0.15, 0.2) is 23.0 Å². The smallest absolute Gasteiger partial charge is 0.308 e. The number of ether oxygens (including phenoxy) is 7. The highest BCUT2D eigenvalue weighted by atomic mass is 16.6. The average molecular weight is 687 g/mol. The first-order chi connectivity index (χ1) is 23.4. The molecule has 3 atom stereocenters. The van der Waals surface area contributed by atoms with Crippen molar-refractivity contribution in [2.24, 2.45) is 0 Å². The minimum Gasteiger partial charge on any atom is -0.423 e. The maximum absolute atomic E-state index is 12.9. The van der Waals surface area contributed by atoms with E-state index in [4.69, 9.17) is 33.2 Å². The zero-order chi connectivity index (χ0) is 35.9. The van der Waals surface area contributed by atoms with E-state index < -0.39 is 35.7 Å². The molecule has 0 aromatic heterocycles. The van der Waals surface area contributed by atoms with Crippen LogP contribution in [0.15, 0.2) is 36.4 Å². The molecular formula is C34H42N2O13. The van der Waals surface area contributed by atoms with E-state index in [0.29, 0.717) is 32.5 Å². The minimum absolute atomic E-state index is 0.0363. The van der Waals surface area contributed by atoms with Gasteiger partial charge in [-0.2, -0.15) is 0 Å². The van der Waals surface area contributed by atoms with Crippen LogP contribution in [0.3, 0.4) is 0 Å². The second-order valence-corrected chi connectivity index (χ2v) is 11.0. The molecule has 3 rings (SSSR count). The van der Waals surface area contributed by atoms with Gasteiger partial charge in [-0.25, -0.2) is 0 Å². The van der Waals surface area contributed by atoms with Crippen molar-refractivity contribution in [3.8, 4) is 23.0 Å². The zero-order valence-corrected chi connectivity index (χ0v) is 28.2. The number of hydrogen-bond acceptors (Lipinski definition) is 13. The fourth-order valence-corrected chi connectivity index (χ4v) is 4.90. The van der Waals surface area contributed by atoms with Crippen molar-refractivity contribution in [2.75, 3.05) is 32.9 Å². The van der Waals surface area contributed by atoms with E-state index in [1.807, 2.05) is 6.92 Å². The molecule has 0 bridgehead atoms. The Morgan fingerprint density at radius 3 is 1.57 bits per heavy atom. The number of rotatable bonds is 16. The molecule has 0 unspecified atom stereocenters. The van der Waals surface area contributed by atoms with Crippen molar-refractivity contribution >= 4 is 35.7 Å². The van der Waals surface area contributed by atoms with E-state index >= 15 is 0 Å². The Balaban J connectivity index is 1.46. The molecule has 0 spiro atoms. The molecular weight excluding hydrogens is 644 g/mol. The van der Waals surface area contributed by atoms with Crippen molar-refractivity contribution in [3.05, 3.63) is 47.5 Å². The average Bonchev–Trinajstić information content (AvgIpc) is 3.02. The number of amides is 2. The van der Waals surface area contributed by atoms with Crippen LogP contribution in [-0.4, -0.2) is 86.9 Å². The molecule has 2 amide bonds. The van der Waals surface area contributed by atoms with Gasteiger partial charge in [0.25, 0.3) is 11.8 Å². The van der Waals surface area contributed by atoms with Crippen LogP contribution in [0.1, 0.15) is 74.6 Å². The summed E-state index contributed by atoms with van der Waals surface area (Å²) in [7, 11) is 0. The standard InChI is InChI=1S/C34H42N2O13/c1-20-30(45-18-9-16-36-34(42)26-11-7-13-29(47-22(3)38)32(26)49-24(5)40)27(14-19-43-20)44-17-8-15-35-33(41)25-10-6-12-28(46-21(2)37)31(25)48-23(4)39/h6-7,10-13,20,27,30H,8-9,14-19H2,1-5H3,(H,35,41)(H,36,42)/t20-,27-,30+/m1/s1. The highest BCUT2D eigenvalue weighted by molar-refractivity contribution is 5.99. The zero-order valence-electron chi connectivity index (χ0n) is 28.2. The fourth-order valence-electron chi connectivity index (χ4n) is 4.90. The van der Waals surface area contributed by atoms with Crippen LogP contribution < -0.4 is 29.6 Å². The number of esters is 4. The predicted molar refractivity (Wildman–Crippen MR) is 172 cm³/mol. The summed E-state index contributed by atoms with van der Waals surface area (Å²) in [5, 5.41) is 5.51. The van der Waals surface area contributed by atoms with E-state index in [2.05, 4.69) is 10.6 Å². The third kappa shape index (κ3) is 12.3. The Bertz CT molecular complexity index is 1510. The predicted octanol–water partition coefficient (Wildman–Crippen LogP) is 2.91. The van der Waals surface area contributed by atoms with Crippen molar-refractivity contribution < 1.29 is 61.9 Å². The van der Waals surface area contributed by atoms with Gasteiger partial charge in [0, 0.05) is 60.6 Å². The van der Waals surface area contributed by atoms with Crippen molar-refractivity contribution in [1.29, 1.82) is 0 Å². The van der Waals surface area contributed by atoms with Gasteiger partial charge in [-0.15, -0.1) is 0 Å². The van der Waals surface area contributed by atoms with E-state index in [1.54, 1.807) is 0 Å². The van der Waals surface area contributed by atoms with Crippen LogP contribution in [0.5, 0.6) is 23.0 Å². The minimum atomic E-state index is -0.675. The molecule has 1 aliphatic rings. The van der Waals surface area contributed by atoms with Crippen LogP contribution in [-0.2, 0) is 33.4 Å². The summed E-state index contributed by atoms with van der Waals surface area (Å²) in [5.74, 6) is -4.02. The number of hydrogen-bond donors (Lipinski definition) is 2. The number of nitrogens with one attached hydrogen (secondary N) is 2. The summed E-state index contributed by atoms with van der Waals surface area (Å²) in [6, 6.07) is 8.77. The summed E-state index contributed by atoms with van der Waals surface area (Å²) >= 11 is 0. The molecule has 49 heavy (non-hydrogen) atoms. The van der Waals surface area contributed by atoms with Crippen LogP contribution in [0.4, 0.5) is 0 Å². The molecule has 1 fully saturated rings. The third-order valence-corrected chi connectivity index (χ3v) is 6.91. The maximum atomic E-state index is 12.9. The van der Waals surface area contributed by atoms with E-state index in [9.17, 15) is 28.8 Å². The Morgan fingerprint density at radius 2 is 1.12 bits per heavy atom. The second-order valence-electron chi connectivity index (χ2n) is 11.0. The highest BCUT2D eigenvalue weighted by Gasteiger charge is 2.33. The molecule has 2 aromatic rings. The van der Waals surface area contributed by atoms with Crippen molar-refractivity contribution in [3.63, 3.8) is 0 Å². The normalized spacial score (nSPS) is 17.0. The van der Waals surface area contributed by atoms with Gasteiger partial charge in [0.05, 0.1) is 23.3 Å². The van der Waals surface area contributed by atoms with E-state index in [1.165, 1.54) is 64.1 Å². The van der Waals surface area contributed by atoms with Crippen molar-refractivity contribution in [2.45, 2.75) is 72.2 Å². The second kappa shape index (κ2) is 19.2. The molecule has 0 radical (unpaired) electrons. The molecule has 0 aliphatic carbocycles. The lowest BCUT2D eigenvalue weighted by Gasteiger charge is -2.36. The molecule has 15 heteroatoms. The Morgan fingerprint density at radius 1 is 0.673 bits per heavy atom. The molecule has 2 aromatic carbocycles. The quantitative estimate of drug-likeness (QED) is 0.149. The van der Waals surface area contributed by atoms with Crippen molar-refractivity contribution in [1.82, 2.24) is 10.6 Å². The maximum Gasteiger partial charge on any atom is 0.308 e. The monoisotopic (exact) mass is 686 g/mol. The molecule has 2 N–H and O–H groups in total. The van der Waals surface area contributed by atoms with Gasteiger partial charge < -0.3 is 43.8 Å². The molecule has 1 saturated heterocycles. The lowest BCUT2D eigenvalue weighted by atomic mass is 10.0. The number of carbonyl (C=O) groups excluding carboxylic acids is 6. The SMILES string of the molecule is CC(=O)Oc1cccc(C(=O)NCCCO[C@H]2[C@@H](C)OCC[C@H]2OCCCNC(=O)c2cccc(OC(C)=O)c2OC(C)=O)c1OC(C)=O. The molecule has 1 heterocycles.